The van der Waals surface area contributed by atoms with Crippen molar-refractivity contribution in [1.82, 2.24) is 5.32 Å². The van der Waals surface area contributed by atoms with Crippen molar-refractivity contribution in [3.63, 3.8) is 0 Å². The van der Waals surface area contributed by atoms with Gasteiger partial charge in [-0.25, -0.2) is 0 Å². The number of hydrogen-bond donors (Lipinski definition) is 1. The summed E-state index contributed by atoms with van der Waals surface area (Å²) in [5, 5.41) is 3.72. The maximum absolute atomic E-state index is 3.72. The predicted molar refractivity (Wildman–Crippen MR) is 88.2 cm³/mol. The molecule has 0 aromatic heterocycles. The molecule has 1 aliphatic carbocycles. The second-order valence-electron chi connectivity index (χ2n) is 7.40. The minimum absolute atomic E-state index is 0.509. The Kier molecular flexibility index (Phi) is 5.26. The van der Waals surface area contributed by atoms with Crippen molar-refractivity contribution in [3.8, 4) is 0 Å². The first-order valence-electron chi connectivity index (χ1n) is 8.27. The Balaban J connectivity index is 2.04. The van der Waals surface area contributed by atoms with E-state index >= 15 is 0 Å². The first-order valence-corrected chi connectivity index (χ1v) is 8.27. The van der Waals surface area contributed by atoms with Crippen LogP contribution in [0.15, 0.2) is 18.2 Å². The summed E-state index contributed by atoms with van der Waals surface area (Å²) in [5.41, 5.74) is 4.86. The van der Waals surface area contributed by atoms with Gasteiger partial charge < -0.3 is 5.32 Å². The van der Waals surface area contributed by atoms with E-state index in [4.69, 9.17) is 0 Å². The van der Waals surface area contributed by atoms with Gasteiger partial charge in [0.1, 0.15) is 0 Å². The van der Waals surface area contributed by atoms with Crippen molar-refractivity contribution in [3.05, 3.63) is 34.9 Å². The molecule has 0 amide bonds. The van der Waals surface area contributed by atoms with Gasteiger partial charge in [0.25, 0.3) is 0 Å². The van der Waals surface area contributed by atoms with Crippen LogP contribution in [0.1, 0.15) is 56.2 Å². The van der Waals surface area contributed by atoms with Crippen LogP contribution in [0.2, 0.25) is 0 Å². The normalized spacial score (nSPS) is 17.9. The van der Waals surface area contributed by atoms with Gasteiger partial charge in [0.2, 0.25) is 0 Å². The van der Waals surface area contributed by atoms with Gasteiger partial charge in [-0.2, -0.15) is 0 Å². The van der Waals surface area contributed by atoms with Gasteiger partial charge in [0.05, 0.1) is 0 Å². The van der Waals surface area contributed by atoms with Crippen molar-refractivity contribution < 1.29 is 0 Å². The number of nitrogens with one attached hydrogen (secondary N) is 1. The molecule has 1 heteroatoms. The average Bonchev–Trinajstić information content (AvgIpc) is 2.75. The second-order valence-corrected chi connectivity index (χ2v) is 7.40. The lowest BCUT2D eigenvalue weighted by Crippen LogP contribution is -2.35. The smallest absolute Gasteiger partial charge is 0.00111 e. The predicted octanol–water partition coefficient (Wildman–Crippen LogP) is 4.65. The Morgan fingerprint density at radius 3 is 2.20 bits per heavy atom. The van der Waals surface area contributed by atoms with Gasteiger partial charge in [-0.15, -0.1) is 0 Å². The zero-order valence-electron chi connectivity index (χ0n) is 13.8. The summed E-state index contributed by atoms with van der Waals surface area (Å²) >= 11 is 0. The van der Waals surface area contributed by atoms with Crippen LogP contribution >= 0.6 is 0 Å². The Hall–Kier alpha value is -0.820. The molecule has 0 saturated heterocycles. The van der Waals surface area contributed by atoms with Gasteiger partial charge in [-0.1, -0.05) is 56.0 Å². The molecular weight excluding hydrogens is 242 g/mol. The fraction of sp³-hybridized carbons (Fsp3) is 0.684. The van der Waals surface area contributed by atoms with Crippen molar-refractivity contribution in [2.24, 2.45) is 11.3 Å². The van der Waals surface area contributed by atoms with Crippen molar-refractivity contribution in [2.45, 2.75) is 59.8 Å². The van der Waals surface area contributed by atoms with Gasteiger partial charge >= 0.3 is 0 Å². The lowest BCUT2D eigenvalue weighted by molar-refractivity contribution is 0.273. The molecule has 1 aromatic carbocycles. The highest BCUT2D eigenvalue weighted by Crippen LogP contribution is 2.40. The number of hydrogen-bond acceptors (Lipinski definition) is 1. The molecule has 0 bridgehead atoms. The van der Waals surface area contributed by atoms with Gasteiger partial charge in [0.15, 0.2) is 0 Å². The van der Waals surface area contributed by atoms with E-state index in [1.165, 1.54) is 55.3 Å². The Labute approximate surface area is 125 Å². The molecule has 0 unspecified atom stereocenters. The SMILES string of the molecule is Cc1cc(C)cc(CC2(CNCC(C)C)CCCC2)c1. The van der Waals surface area contributed by atoms with Crippen LogP contribution < -0.4 is 5.32 Å². The highest BCUT2D eigenvalue weighted by atomic mass is 14.9. The van der Waals surface area contributed by atoms with Gasteiger partial charge in [0, 0.05) is 6.54 Å². The lowest BCUT2D eigenvalue weighted by Gasteiger charge is -2.30. The van der Waals surface area contributed by atoms with E-state index in [9.17, 15) is 0 Å². The quantitative estimate of drug-likeness (QED) is 0.795. The Morgan fingerprint density at radius 1 is 1.05 bits per heavy atom. The van der Waals surface area contributed by atoms with Gasteiger partial charge in [-0.05, 0) is 56.6 Å². The van der Waals surface area contributed by atoms with Crippen LogP contribution in [-0.4, -0.2) is 13.1 Å². The third kappa shape index (κ3) is 4.34. The van der Waals surface area contributed by atoms with E-state index in [1.54, 1.807) is 0 Å². The molecule has 112 valence electrons. The number of aryl methyl sites for hydroxylation is 2. The standard InChI is InChI=1S/C19H31N/c1-15(2)13-20-14-19(7-5-6-8-19)12-18-10-16(3)9-17(4)11-18/h9-11,15,20H,5-8,12-14H2,1-4H3. The molecule has 0 heterocycles. The summed E-state index contributed by atoms with van der Waals surface area (Å²) in [6.07, 6.45) is 6.86. The van der Waals surface area contributed by atoms with Crippen molar-refractivity contribution >= 4 is 0 Å². The zero-order valence-corrected chi connectivity index (χ0v) is 13.8. The average molecular weight is 273 g/mol. The molecule has 0 spiro atoms. The molecule has 2 rings (SSSR count). The van der Waals surface area contributed by atoms with Crippen molar-refractivity contribution in [2.75, 3.05) is 13.1 Å². The Morgan fingerprint density at radius 2 is 1.65 bits per heavy atom. The van der Waals surface area contributed by atoms with Crippen LogP contribution in [0.25, 0.3) is 0 Å². The van der Waals surface area contributed by atoms with Crippen LogP contribution in [0.5, 0.6) is 0 Å². The molecule has 1 fully saturated rings. The minimum atomic E-state index is 0.509. The van der Waals surface area contributed by atoms with Gasteiger partial charge in [-0.3, -0.25) is 0 Å². The summed E-state index contributed by atoms with van der Waals surface area (Å²) in [7, 11) is 0. The third-order valence-electron chi connectivity index (χ3n) is 4.58. The summed E-state index contributed by atoms with van der Waals surface area (Å²) in [6, 6.07) is 7.05. The van der Waals surface area contributed by atoms with E-state index in [1.807, 2.05) is 0 Å². The van der Waals surface area contributed by atoms with E-state index in [-0.39, 0.29) is 0 Å². The monoisotopic (exact) mass is 273 g/mol. The third-order valence-corrected chi connectivity index (χ3v) is 4.58. The maximum atomic E-state index is 3.72. The number of rotatable bonds is 6. The molecule has 1 aromatic rings. The van der Waals surface area contributed by atoms with E-state index < -0.39 is 0 Å². The maximum Gasteiger partial charge on any atom is 0.00111 e. The van der Waals surface area contributed by atoms with Crippen LogP contribution in [0.3, 0.4) is 0 Å². The van der Waals surface area contributed by atoms with Crippen LogP contribution in [-0.2, 0) is 6.42 Å². The highest BCUT2D eigenvalue weighted by molar-refractivity contribution is 5.29. The zero-order chi connectivity index (χ0) is 14.6. The fourth-order valence-corrected chi connectivity index (χ4v) is 3.77. The molecule has 20 heavy (non-hydrogen) atoms. The number of benzene rings is 1. The molecule has 1 aliphatic rings. The summed E-state index contributed by atoms with van der Waals surface area (Å²) in [4.78, 5) is 0. The summed E-state index contributed by atoms with van der Waals surface area (Å²) < 4.78 is 0. The molecule has 0 atom stereocenters. The topological polar surface area (TPSA) is 12.0 Å². The molecule has 1 saturated carbocycles. The highest BCUT2D eigenvalue weighted by Gasteiger charge is 2.33. The second kappa shape index (κ2) is 6.76. The lowest BCUT2D eigenvalue weighted by atomic mass is 9.79. The Bertz CT molecular complexity index is 407. The summed E-state index contributed by atoms with van der Waals surface area (Å²) in [6.45, 7) is 11.4. The molecular formula is C19H31N. The fourth-order valence-electron chi connectivity index (χ4n) is 3.77. The van der Waals surface area contributed by atoms with E-state index in [0.29, 0.717) is 5.41 Å². The first-order chi connectivity index (χ1) is 9.49. The summed E-state index contributed by atoms with van der Waals surface area (Å²) in [5.74, 6) is 0.745. The molecule has 0 aliphatic heterocycles. The first kappa shape index (κ1) is 15.6. The largest absolute Gasteiger partial charge is 0.316 e. The van der Waals surface area contributed by atoms with Crippen molar-refractivity contribution in [1.29, 1.82) is 0 Å². The molecule has 0 radical (unpaired) electrons. The minimum Gasteiger partial charge on any atom is -0.316 e. The van der Waals surface area contributed by atoms with E-state index in [0.717, 1.165) is 12.5 Å². The molecule has 1 nitrogen and oxygen atoms in total. The molecule has 1 N–H and O–H groups in total. The van der Waals surface area contributed by atoms with Crippen LogP contribution in [0.4, 0.5) is 0 Å². The van der Waals surface area contributed by atoms with E-state index in [2.05, 4.69) is 51.2 Å². The van der Waals surface area contributed by atoms with Crippen LogP contribution in [0, 0.1) is 25.2 Å².